The van der Waals surface area contributed by atoms with Gasteiger partial charge >= 0.3 is 5.97 Å². The molecule has 1 aromatic carbocycles. The van der Waals surface area contributed by atoms with Crippen molar-refractivity contribution in [2.75, 3.05) is 39.8 Å². The van der Waals surface area contributed by atoms with Crippen LogP contribution in [0.4, 0.5) is 0 Å². The number of piperazine rings is 1. The van der Waals surface area contributed by atoms with Gasteiger partial charge in [0.05, 0.1) is 13.7 Å². The van der Waals surface area contributed by atoms with Gasteiger partial charge < -0.3 is 14.5 Å². The van der Waals surface area contributed by atoms with E-state index in [4.69, 9.17) is 4.74 Å². The molecule has 1 aliphatic heterocycles. The third-order valence-electron chi connectivity index (χ3n) is 4.16. The van der Waals surface area contributed by atoms with Crippen LogP contribution in [0.25, 0.3) is 0 Å². The Kier molecular flexibility index (Phi) is 5.56. The quantitative estimate of drug-likeness (QED) is 0.662. The number of methoxy groups -OCH3 is 1. The van der Waals surface area contributed by atoms with E-state index >= 15 is 0 Å². The molecule has 1 fully saturated rings. The first kappa shape index (κ1) is 15.0. The minimum absolute atomic E-state index is 0.00525. The highest BCUT2D eigenvalue weighted by Crippen LogP contribution is 1.95. The molecule has 0 bridgehead atoms. The first-order chi connectivity index (χ1) is 9.69. The molecule has 2 N–H and O–H groups in total. The van der Waals surface area contributed by atoms with Crippen molar-refractivity contribution in [2.24, 2.45) is 5.92 Å². The first-order valence-corrected chi connectivity index (χ1v) is 7.48. The van der Waals surface area contributed by atoms with Crippen molar-refractivity contribution in [2.45, 2.75) is 13.5 Å². The molecule has 0 spiro atoms. The van der Waals surface area contributed by atoms with Gasteiger partial charge in [-0.15, -0.1) is 0 Å². The molecule has 1 atom stereocenters. The second-order valence-corrected chi connectivity index (χ2v) is 5.79. The number of ether oxygens (including phenoxy) is 1. The Morgan fingerprint density at radius 2 is 1.75 bits per heavy atom. The number of hydrogen-bond acceptors (Lipinski definition) is 2. The van der Waals surface area contributed by atoms with Crippen molar-refractivity contribution in [1.29, 1.82) is 0 Å². The van der Waals surface area contributed by atoms with Gasteiger partial charge in [0.1, 0.15) is 38.6 Å². The smallest absolute Gasteiger partial charge is 0.314 e. The highest BCUT2D eigenvalue weighted by Gasteiger charge is 2.26. The van der Waals surface area contributed by atoms with Crippen LogP contribution in [0.1, 0.15) is 12.5 Å². The van der Waals surface area contributed by atoms with Crippen molar-refractivity contribution >= 4 is 5.97 Å². The third-order valence-corrected chi connectivity index (χ3v) is 4.16. The standard InChI is InChI=1S/C16H24N2O2/c1-14(16(19)20-2)12-17-8-10-18(11-9-17)13-15-6-4-3-5-7-15/h3-7,14H,8-13H2,1-2H3/p+2/t14-/m0/s1. The van der Waals surface area contributed by atoms with Crippen molar-refractivity contribution in [3.63, 3.8) is 0 Å². The summed E-state index contributed by atoms with van der Waals surface area (Å²) < 4.78 is 4.80. The minimum atomic E-state index is -0.0865. The molecule has 4 nitrogen and oxygen atoms in total. The van der Waals surface area contributed by atoms with E-state index in [1.54, 1.807) is 4.90 Å². The molecule has 4 heteroatoms. The second kappa shape index (κ2) is 7.41. The largest absolute Gasteiger partial charge is 0.469 e. The lowest BCUT2D eigenvalue weighted by molar-refractivity contribution is -1.02. The Balaban J connectivity index is 1.74. The number of nitrogens with one attached hydrogen (secondary N) is 2. The SMILES string of the molecule is COC(=O)[C@@H](C)C[NH+]1CC[NH+](Cc2ccccc2)CC1. The molecule has 0 saturated carbocycles. The molecule has 110 valence electrons. The summed E-state index contributed by atoms with van der Waals surface area (Å²) in [7, 11) is 1.47. The molecular formula is C16H26N2O2+2. The monoisotopic (exact) mass is 278 g/mol. The Morgan fingerprint density at radius 1 is 1.15 bits per heavy atom. The van der Waals surface area contributed by atoms with Gasteiger partial charge in [-0.05, 0) is 6.92 Å². The van der Waals surface area contributed by atoms with E-state index in [9.17, 15) is 4.79 Å². The molecule has 1 aliphatic rings. The normalized spacial score (nSPS) is 24.1. The van der Waals surface area contributed by atoms with Crippen molar-refractivity contribution < 1.29 is 19.3 Å². The lowest BCUT2D eigenvalue weighted by Gasteiger charge is -2.30. The maximum Gasteiger partial charge on any atom is 0.314 e. The maximum absolute atomic E-state index is 11.5. The van der Waals surface area contributed by atoms with Gasteiger partial charge in [0.15, 0.2) is 0 Å². The van der Waals surface area contributed by atoms with Crippen LogP contribution in [-0.2, 0) is 16.1 Å². The number of esters is 1. The van der Waals surface area contributed by atoms with Gasteiger partial charge in [-0.3, -0.25) is 4.79 Å². The van der Waals surface area contributed by atoms with E-state index in [1.807, 2.05) is 6.92 Å². The summed E-state index contributed by atoms with van der Waals surface area (Å²) >= 11 is 0. The zero-order valence-electron chi connectivity index (χ0n) is 12.5. The lowest BCUT2D eigenvalue weighted by Crippen LogP contribution is -3.27. The molecule has 0 amide bonds. The van der Waals surface area contributed by atoms with Gasteiger partial charge in [0.2, 0.25) is 0 Å². The van der Waals surface area contributed by atoms with Crippen LogP contribution in [0.15, 0.2) is 30.3 Å². The van der Waals surface area contributed by atoms with Crippen LogP contribution in [0.3, 0.4) is 0 Å². The lowest BCUT2D eigenvalue weighted by atomic mass is 10.1. The van der Waals surface area contributed by atoms with E-state index in [-0.39, 0.29) is 11.9 Å². The summed E-state index contributed by atoms with van der Waals surface area (Å²) in [5.74, 6) is -0.0813. The van der Waals surface area contributed by atoms with E-state index in [0.717, 1.165) is 26.2 Å². The van der Waals surface area contributed by atoms with Crippen molar-refractivity contribution in [1.82, 2.24) is 0 Å². The zero-order chi connectivity index (χ0) is 14.4. The van der Waals surface area contributed by atoms with Gasteiger partial charge in [-0.1, -0.05) is 30.3 Å². The van der Waals surface area contributed by atoms with Gasteiger partial charge in [-0.2, -0.15) is 0 Å². The van der Waals surface area contributed by atoms with Gasteiger partial charge in [0.25, 0.3) is 0 Å². The molecular weight excluding hydrogens is 252 g/mol. The van der Waals surface area contributed by atoms with E-state index in [0.29, 0.717) is 0 Å². The highest BCUT2D eigenvalue weighted by atomic mass is 16.5. The van der Waals surface area contributed by atoms with Crippen LogP contribution in [0, 0.1) is 5.92 Å². The summed E-state index contributed by atoms with van der Waals surface area (Å²) in [6, 6.07) is 10.7. The Hall–Kier alpha value is -1.39. The molecule has 1 saturated heterocycles. The summed E-state index contributed by atoms with van der Waals surface area (Å²) in [6.07, 6.45) is 0. The van der Waals surface area contributed by atoms with E-state index < -0.39 is 0 Å². The minimum Gasteiger partial charge on any atom is -0.469 e. The van der Waals surface area contributed by atoms with Crippen molar-refractivity contribution in [3.05, 3.63) is 35.9 Å². The first-order valence-electron chi connectivity index (χ1n) is 7.48. The molecule has 1 heterocycles. The van der Waals surface area contributed by atoms with Crippen LogP contribution in [0.2, 0.25) is 0 Å². The molecule has 1 aromatic rings. The zero-order valence-corrected chi connectivity index (χ0v) is 12.5. The highest BCUT2D eigenvalue weighted by molar-refractivity contribution is 5.71. The van der Waals surface area contributed by atoms with Crippen LogP contribution < -0.4 is 9.80 Å². The topological polar surface area (TPSA) is 35.2 Å². The summed E-state index contributed by atoms with van der Waals surface area (Å²) in [5.41, 5.74) is 1.41. The number of benzene rings is 1. The second-order valence-electron chi connectivity index (χ2n) is 5.79. The van der Waals surface area contributed by atoms with E-state index in [2.05, 4.69) is 30.3 Å². The number of carbonyl (C=O) groups excluding carboxylic acids is 1. The Morgan fingerprint density at radius 3 is 2.35 bits per heavy atom. The third kappa shape index (κ3) is 4.32. The van der Waals surface area contributed by atoms with Gasteiger partial charge in [-0.25, -0.2) is 0 Å². The number of rotatable bonds is 5. The predicted molar refractivity (Wildman–Crippen MR) is 77.6 cm³/mol. The van der Waals surface area contributed by atoms with Gasteiger partial charge in [0, 0.05) is 5.56 Å². The summed E-state index contributed by atoms with van der Waals surface area (Å²) in [4.78, 5) is 14.6. The average Bonchev–Trinajstić information content (AvgIpc) is 2.49. The molecule has 0 aromatic heterocycles. The molecule has 2 rings (SSSR count). The number of quaternary nitrogens is 2. The average molecular weight is 278 g/mol. The fraction of sp³-hybridized carbons (Fsp3) is 0.562. The van der Waals surface area contributed by atoms with Crippen LogP contribution >= 0.6 is 0 Å². The fourth-order valence-corrected chi connectivity index (χ4v) is 2.94. The number of carbonyl (C=O) groups is 1. The summed E-state index contributed by atoms with van der Waals surface area (Å²) in [5, 5.41) is 0. The number of hydrogen-bond donors (Lipinski definition) is 2. The van der Waals surface area contributed by atoms with Crippen LogP contribution in [0.5, 0.6) is 0 Å². The maximum atomic E-state index is 11.5. The Bertz CT molecular complexity index is 414. The van der Waals surface area contributed by atoms with Crippen molar-refractivity contribution in [3.8, 4) is 0 Å². The van der Waals surface area contributed by atoms with Crippen LogP contribution in [-0.4, -0.2) is 45.8 Å². The summed E-state index contributed by atoms with van der Waals surface area (Å²) in [6.45, 7) is 8.61. The molecule has 0 radical (unpaired) electrons. The molecule has 0 unspecified atom stereocenters. The molecule has 20 heavy (non-hydrogen) atoms. The Labute approximate surface area is 121 Å². The predicted octanol–water partition coefficient (Wildman–Crippen LogP) is -1.22. The fourth-order valence-electron chi connectivity index (χ4n) is 2.94. The van der Waals surface area contributed by atoms with E-state index in [1.165, 1.54) is 30.7 Å². The molecule has 0 aliphatic carbocycles.